The Bertz CT molecular complexity index is 425. The maximum absolute atomic E-state index is 12.1. The van der Waals surface area contributed by atoms with E-state index in [0.717, 1.165) is 37.4 Å². The topological polar surface area (TPSA) is 47.8 Å². The van der Waals surface area contributed by atoms with E-state index in [1.165, 1.54) is 12.8 Å². The normalized spacial score (nSPS) is 24.1. The summed E-state index contributed by atoms with van der Waals surface area (Å²) in [7, 11) is 0. The lowest BCUT2D eigenvalue weighted by atomic mass is 9.77. The number of carbonyl (C=O) groups excluding carboxylic acids is 1. The first-order valence-electron chi connectivity index (χ1n) is 7.52. The van der Waals surface area contributed by atoms with Crippen LogP contribution < -0.4 is 0 Å². The van der Waals surface area contributed by atoms with Crippen LogP contribution in [0.3, 0.4) is 0 Å². The summed E-state index contributed by atoms with van der Waals surface area (Å²) in [4.78, 5) is 16.4. The van der Waals surface area contributed by atoms with Crippen molar-refractivity contribution in [2.45, 2.75) is 65.3 Å². The highest BCUT2D eigenvalue weighted by atomic mass is 16.1. The van der Waals surface area contributed by atoms with E-state index in [9.17, 15) is 4.79 Å². The van der Waals surface area contributed by atoms with Gasteiger partial charge in [-0.15, -0.1) is 0 Å². The second-order valence-corrected chi connectivity index (χ2v) is 6.01. The van der Waals surface area contributed by atoms with Gasteiger partial charge in [0.25, 0.3) is 0 Å². The van der Waals surface area contributed by atoms with Gasteiger partial charge in [0.2, 0.25) is 0 Å². The summed E-state index contributed by atoms with van der Waals surface area (Å²) in [5.74, 6) is 2.27. The third-order valence-corrected chi connectivity index (χ3v) is 4.13. The average molecular weight is 263 g/mol. The number of ketones is 1. The minimum Gasteiger partial charge on any atom is -0.299 e. The quantitative estimate of drug-likeness (QED) is 0.819. The molecule has 0 bridgehead atoms. The lowest BCUT2D eigenvalue weighted by Gasteiger charge is -2.27. The first-order valence-corrected chi connectivity index (χ1v) is 7.52. The summed E-state index contributed by atoms with van der Waals surface area (Å²) < 4.78 is 1.94. The second kappa shape index (κ2) is 6.31. The van der Waals surface area contributed by atoms with Crippen molar-refractivity contribution in [2.24, 2.45) is 11.8 Å². The summed E-state index contributed by atoms with van der Waals surface area (Å²) >= 11 is 0. The number of Topliss-reactive ketones (excluding diaryl/α,β-unsaturated/α-hetero) is 1. The van der Waals surface area contributed by atoms with Crippen molar-refractivity contribution in [1.29, 1.82) is 0 Å². The van der Waals surface area contributed by atoms with Crippen LogP contribution in [-0.4, -0.2) is 20.5 Å². The monoisotopic (exact) mass is 263 g/mol. The van der Waals surface area contributed by atoms with Crippen molar-refractivity contribution in [3.63, 3.8) is 0 Å². The van der Waals surface area contributed by atoms with Gasteiger partial charge in [0.1, 0.15) is 17.9 Å². The van der Waals surface area contributed by atoms with Crippen molar-refractivity contribution in [3.05, 3.63) is 12.2 Å². The van der Waals surface area contributed by atoms with Crippen molar-refractivity contribution in [2.75, 3.05) is 0 Å². The molecule has 4 heteroatoms. The van der Waals surface area contributed by atoms with Gasteiger partial charge in [-0.2, -0.15) is 5.10 Å². The fourth-order valence-electron chi connectivity index (χ4n) is 3.14. The van der Waals surface area contributed by atoms with Gasteiger partial charge in [0, 0.05) is 24.8 Å². The van der Waals surface area contributed by atoms with Gasteiger partial charge < -0.3 is 0 Å². The first-order chi connectivity index (χ1) is 9.11. The van der Waals surface area contributed by atoms with E-state index in [0.29, 0.717) is 11.8 Å². The Morgan fingerprint density at radius 3 is 2.95 bits per heavy atom. The molecule has 19 heavy (non-hydrogen) atoms. The maximum Gasteiger partial charge on any atom is 0.138 e. The Morgan fingerprint density at radius 1 is 1.47 bits per heavy atom. The summed E-state index contributed by atoms with van der Waals surface area (Å²) in [5, 5.41) is 4.26. The molecule has 1 aromatic rings. The third kappa shape index (κ3) is 3.43. The van der Waals surface area contributed by atoms with E-state index < -0.39 is 0 Å². The highest BCUT2D eigenvalue weighted by Gasteiger charge is 2.29. The van der Waals surface area contributed by atoms with Gasteiger partial charge >= 0.3 is 0 Å². The molecule has 0 N–H and O–H groups in total. The molecule has 4 nitrogen and oxygen atoms in total. The molecule has 1 aromatic heterocycles. The van der Waals surface area contributed by atoms with Crippen LogP contribution >= 0.6 is 0 Å². The zero-order chi connectivity index (χ0) is 13.8. The predicted molar refractivity (Wildman–Crippen MR) is 74.9 cm³/mol. The fourth-order valence-corrected chi connectivity index (χ4v) is 3.14. The number of hydrogen-bond acceptors (Lipinski definition) is 3. The summed E-state index contributed by atoms with van der Waals surface area (Å²) in [5.41, 5.74) is 0. The molecule has 0 aromatic carbocycles. The molecule has 2 rings (SSSR count). The average Bonchev–Trinajstić information content (AvgIpc) is 2.82. The summed E-state index contributed by atoms with van der Waals surface area (Å²) in [6.45, 7) is 6.42. The smallest absolute Gasteiger partial charge is 0.138 e. The number of hydrogen-bond donors (Lipinski definition) is 0. The molecule has 0 radical (unpaired) electrons. The molecule has 0 amide bonds. The number of nitrogens with zero attached hydrogens (tertiary/aromatic N) is 3. The molecule has 1 heterocycles. The summed E-state index contributed by atoms with van der Waals surface area (Å²) in [6.07, 6.45) is 7.71. The van der Waals surface area contributed by atoms with Crippen LogP contribution in [0.2, 0.25) is 0 Å². The molecular weight excluding hydrogens is 238 g/mol. The van der Waals surface area contributed by atoms with E-state index in [-0.39, 0.29) is 5.92 Å². The van der Waals surface area contributed by atoms with Gasteiger partial charge in [0.05, 0.1) is 0 Å². The SMILES string of the molecule is CCCC1CCC(=O)C(Cc2ncnn2C(C)C)C1. The minimum absolute atomic E-state index is 0.159. The van der Waals surface area contributed by atoms with Crippen LogP contribution in [0.4, 0.5) is 0 Å². The van der Waals surface area contributed by atoms with Crippen LogP contribution in [0.25, 0.3) is 0 Å². The van der Waals surface area contributed by atoms with E-state index in [4.69, 9.17) is 0 Å². The Morgan fingerprint density at radius 2 is 2.26 bits per heavy atom. The molecule has 2 atom stereocenters. The molecule has 2 unspecified atom stereocenters. The Labute approximate surface area is 115 Å². The van der Waals surface area contributed by atoms with Gasteiger partial charge in [-0.05, 0) is 32.6 Å². The Hall–Kier alpha value is -1.19. The van der Waals surface area contributed by atoms with Crippen LogP contribution in [0.15, 0.2) is 6.33 Å². The van der Waals surface area contributed by atoms with E-state index in [2.05, 4.69) is 30.9 Å². The molecule has 1 aliphatic carbocycles. The number of carbonyl (C=O) groups is 1. The zero-order valence-corrected chi connectivity index (χ0v) is 12.3. The number of aromatic nitrogens is 3. The molecule has 1 aliphatic rings. The highest BCUT2D eigenvalue weighted by Crippen LogP contribution is 2.31. The van der Waals surface area contributed by atoms with Crippen molar-refractivity contribution < 1.29 is 4.79 Å². The lowest BCUT2D eigenvalue weighted by molar-refractivity contribution is -0.125. The molecule has 106 valence electrons. The van der Waals surface area contributed by atoms with Gasteiger partial charge in [-0.25, -0.2) is 9.67 Å². The molecule has 0 aliphatic heterocycles. The molecular formula is C15H25N3O. The first kappa shape index (κ1) is 14.2. The molecule has 0 saturated heterocycles. The highest BCUT2D eigenvalue weighted by molar-refractivity contribution is 5.81. The lowest BCUT2D eigenvalue weighted by Crippen LogP contribution is -2.28. The molecule has 1 fully saturated rings. The van der Waals surface area contributed by atoms with E-state index in [1.54, 1.807) is 6.33 Å². The van der Waals surface area contributed by atoms with Crippen molar-refractivity contribution in [1.82, 2.24) is 14.8 Å². The Kier molecular flexibility index (Phi) is 4.72. The van der Waals surface area contributed by atoms with Gasteiger partial charge in [0.15, 0.2) is 0 Å². The van der Waals surface area contributed by atoms with Gasteiger partial charge in [-0.1, -0.05) is 19.8 Å². The van der Waals surface area contributed by atoms with E-state index in [1.807, 2.05) is 4.68 Å². The minimum atomic E-state index is 0.159. The second-order valence-electron chi connectivity index (χ2n) is 6.01. The standard InChI is InChI=1S/C15H25N3O/c1-4-5-12-6-7-14(19)13(8-12)9-15-16-10-17-18(15)11(2)3/h10-13H,4-9H2,1-3H3. The maximum atomic E-state index is 12.1. The van der Waals surface area contributed by atoms with Crippen molar-refractivity contribution >= 4 is 5.78 Å². The van der Waals surface area contributed by atoms with Crippen LogP contribution in [0.1, 0.15) is 64.7 Å². The number of rotatable bonds is 5. The van der Waals surface area contributed by atoms with Crippen LogP contribution in [0.5, 0.6) is 0 Å². The van der Waals surface area contributed by atoms with E-state index >= 15 is 0 Å². The van der Waals surface area contributed by atoms with Crippen molar-refractivity contribution in [3.8, 4) is 0 Å². The van der Waals surface area contributed by atoms with Crippen LogP contribution in [0, 0.1) is 11.8 Å². The zero-order valence-electron chi connectivity index (χ0n) is 12.3. The summed E-state index contributed by atoms with van der Waals surface area (Å²) in [6, 6.07) is 0.308. The van der Waals surface area contributed by atoms with Crippen LogP contribution in [-0.2, 0) is 11.2 Å². The molecule has 1 saturated carbocycles. The Balaban J connectivity index is 2.03. The largest absolute Gasteiger partial charge is 0.299 e. The third-order valence-electron chi connectivity index (χ3n) is 4.13. The van der Waals surface area contributed by atoms with Gasteiger partial charge in [-0.3, -0.25) is 4.79 Å². The fraction of sp³-hybridized carbons (Fsp3) is 0.800. The predicted octanol–water partition coefficient (Wildman–Crippen LogP) is 3.19. The molecule has 0 spiro atoms.